The van der Waals surface area contributed by atoms with E-state index in [1.807, 2.05) is 24.3 Å². The van der Waals surface area contributed by atoms with Crippen LogP contribution in [0.25, 0.3) is 0 Å². The van der Waals surface area contributed by atoms with Crippen molar-refractivity contribution in [1.29, 1.82) is 0 Å². The van der Waals surface area contributed by atoms with E-state index >= 15 is 0 Å². The van der Waals surface area contributed by atoms with Crippen molar-refractivity contribution in [3.05, 3.63) is 47.5 Å². The molecule has 1 aliphatic rings. The minimum Gasteiger partial charge on any atom is -0.496 e. The minimum atomic E-state index is -0.237. The van der Waals surface area contributed by atoms with E-state index in [-0.39, 0.29) is 11.9 Å². The van der Waals surface area contributed by atoms with Crippen LogP contribution in [0.3, 0.4) is 0 Å². The monoisotopic (exact) mass is 343 g/mol. The zero-order valence-electron chi connectivity index (χ0n) is 14.5. The molecule has 1 amide bonds. The molecule has 0 bridgehead atoms. The lowest BCUT2D eigenvalue weighted by molar-refractivity contribution is 0.0921. The number of benzene rings is 2. The minimum absolute atomic E-state index is 0.116. The van der Waals surface area contributed by atoms with Crippen LogP contribution in [0.1, 0.15) is 28.4 Å². The molecule has 2 aromatic rings. The maximum absolute atomic E-state index is 12.8. The van der Waals surface area contributed by atoms with Crippen LogP contribution in [0.4, 0.5) is 0 Å². The molecule has 0 fully saturated rings. The third kappa shape index (κ3) is 3.33. The fraction of sp³-hybridized carbons (Fsp3) is 0.316. The quantitative estimate of drug-likeness (QED) is 0.904. The molecule has 0 saturated carbocycles. The van der Waals surface area contributed by atoms with Gasteiger partial charge in [-0.2, -0.15) is 0 Å². The van der Waals surface area contributed by atoms with Gasteiger partial charge < -0.3 is 24.3 Å². The molecule has 6 heteroatoms. The highest BCUT2D eigenvalue weighted by molar-refractivity contribution is 5.98. The predicted molar refractivity (Wildman–Crippen MR) is 92.9 cm³/mol. The molecule has 25 heavy (non-hydrogen) atoms. The number of hydrogen-bond donors (Lipinski definition) is 1. The van der Waals surface area contributed by atoms with E-state index in [1.54, 1.807) is 12.1 Å². The topological polar surface area (TPSA) is 66.0 Å². The van der Waals surface area contributed by atoms with Crippen LogP contribution in [-0.4, -0.2) is 33.8 Å². The van der Waals surface area contributed by atoms with Gasteiger partial charge in [0.25, 0.3) is 5.91 Å². The highest BCUT2D eigenvalue weighted by Gasteiger charge is 2.25. The summed E-state index contributed by atoms with van der Waals surface area (Å²) in [6, 6.07) is 10.9. The Hall–Kier alpha value is -2.89. The van der Waals surface area contributed by atoms with Crippen LogP contribution in [0.15, 0.2) is 36.4 Å². The fourth-order valence-electron chi connectivity index (χ4n) is 2.93. The number of fused-ring (bicyclic) bond motifs is 1. The second-order valence-electron chi connectivity index (χ2n) is 5.61. The molecule has 1 heterocycles. The van der Waals surface area contributed by atoms with Gasteiger partial charge in [-0.15, -0.1) is 0 Å². The first-order chi connectivity index (χ1) is 12.2. The van der Waals surface area contributed by atoms with Gasteiger partial charge in [-0.3, -0.25) is 4.79 Å². The summed E-state index contributed by atoms with van der Waals surface area (Å²) in [5, 5.41) is 3.06. The number of hydrogen-bond acceptors (Lipinski definition) is 5. The Morgan fingerprint density at radius 2 is 1.72 bits per heavy atom. The molecule has 0 aromatic heterocycles. The van der Waals surface area contributed by atoms with Gasteiger partial charge in [-0.25, -0.2) is 0 Å². The lowest BCUT2D eigenvalue weighted by Gasteiger charge is -2.27. The van der Waals surface area contributed by atoms with Crippen molar-refractivity contribution in [2.75, 3.05) is 27.9 Å². The second kappa shape index (κ2) is 7.34. The fourth-order valence-corrected chi connectivity index (χ4v) is 2.93. The van der Waals surface area contributed by atoms with Crippen LogP contribution in [-0.2, 0) is 0 Å². The number of para-hydroxylation sites is 1. The summed E-state index contributed by atoms with van der Waals surface area (Å²) in [6.07, 6.45) is 0.707. The number of ether oxygens (including phenoxy) is 4. The van der Waals surface area contributed by atoms with E-state index in [0.717, 1.165) is 11.3 Å². The zero-order chi connectivity index (χ0) is 17.8. The number of methoxy groups -OCH3 is 3. The summed E-state index contributed by atoms with van der Waals surface area (Å²) in [5.41, 5.74) is 1.37. The maximum Gasteiger partial charge on any atom is 0.255 e. The van der Waals surface area contributed by atoms with Gasteiger partial charge in [-0.05, 0) is 6.07 Å². The highest BCUT2D eigenvalue weighted by Crippen LogP contribution is 2.36. The second-order valence-corrected chi connectivity index (χ2v) is 5.61. The Bertz CT molecular complexity index is 774. The Morgan fingerprint density at radius 1 is 1.04 bits per heavy atom. The highest BCUT2D eigenvalue weighted by atomic mass is 16.5. The number of nitrogens with one attached hydrogen (secondary N) is 1. The average Bonchev–Trinajstić information content (AvgIpc) is 2.67. The molecular formula is C19H21NO5. The van der Waals surface area contributed by atoms with Crippen molar-refractivity contribution in [2.24, 2.45) is 0 Å². The van der Waals surface area contributed by atoms with Gasteiger partial charge in [0.05, 0.1) is 39.5 Å². The summed E-state index contributed by atoms with van der Waals surface area (Å²) >= 11 is 0. The number of carbonyl (C=O) groups is 1. The lowest BCUT2D eigenvalue weighted by Crippen LogP contribution is -2.32. The third-order valence-electron chi connectivity index (χ3n) is 4.21. The van der Waals surface area contributed by atoms with Crippen molar-refractivity contribution in [1.82, 2.24) is 5.32 Å². The number of amides is 1. The SMILES string of the molecule is COc1cc(OC)c(C(=O)NC2CCOc3ccccc32)cc1OC. The summed E-state index contributed by atoms with van der Waals surface area (Å²) in [6.45, 7) is 0.561. The Balaban J connectivity index is 1.89. The van der Waals surface area contributed by atoms with E-state index in [4.69, 9.17) is 18.9 Å². The molecule has 0 spiro atoms. The number of rotatable bonds is 5. The zero-order valence-corrected chi connectivity index (χ0v) is 14.5. The summed E-state index contributed by atoms with van der Waals surface area (Å²) in [7, 11) is 4.58. The van der Waals surface area contributed by atoms with Crippen molar-refractivity contribution in [3.63, 3.8) is 0 Å². The molecule has 0 radical (unpaired) electrons. The molecule has 2 aromatic carbocycles. The van der Waals surface area contributed by atoms with Gasteiger partial charge in [0, 0.05) is 24.1 Å². The van der Waals surface area contributed by atoms with Crippen molar-refractivity contribution in [3.8, 4) is 23.0 Å². The van der Waals surface area contributed by atoms with Crippen molar-refractivity contribution >= 4 is 5.91 Å². The molecule has 1 unspecified atom stereocenters. The first-order valence-corrected chi connectivity index (χ1v) is 8.00. The molecule has 6 nitrogen and oxygen atoms in total. The molecule has 1 atom stereocenters. The molecule has 3 rings (SSSR count). The van der Waals surface area contributed by atoms with Crippen molar-refractivity contribution in [2.45, 2.75) is 12.5 Å². The normalized spacial score (nSPS) is 15.6. The molecular weight excluding hydrogens is 322 g/mol. The Morgan fingerprint density at radius 3 is 2.44 bits per heavy atom. The molecule has 1 N–H and O–H groups in total. The molecule has 0 saturated heterocycles. The smallest absolute Gasteiger partial charge is 0.255 e. The first kappa shape index (κ1) is 17.0. The molecule has 1 aliphatic heterocycles. The molecule has 132 valence electrons. The first-order valence-electron chi connectivity index (χ1n) is 8.00. The van der Waals surface area contributed by atoms with E-state index in [2.05, 4.69) is 5.32 Å². The van der Waals surface area contributed by atoms with E-state index < -0.39 is 0 Å². The van der Waals surface area contributed by atoms with Crippen LogP contribution >= 0.6 is 0 Å². The Labute approximate surface area is 146 Å². The lowest BCUT2D eigenvalue weighted by atomic mass is 10.00. The van der Waals surface area contributed by atoms with Gasteiger partial charge in [0.2, 0.25) is 0 Å². The van der Waals surface area contributed by atoms with Crippen LogP contribution in [0.5, 0.6) is 23.0 Å². The maximum atomic E-state index is 12.8. The van der Waals surface area contributed by atoms with Crippen LogP contribution < -0.4 is 24.3 Å². The average molecular weight is 343 g/mol. The summed E-state index contributed by atoms with van der Waals surface area (Å²) in [4.78, 5) is 12.8. The van der Waals surface area contributed by atoms with Gasteiger partial charge in [0.1, 0.15) is 11.5 Å². The largest absolute Gasteiger partial charge is 0.496 e. The third-order valence-corrected chi connectivity index (χ3v) is 4.21. The van der Waals surface area contributed by atoms with Crippen molar-refractivity contribution < 1.29 is 23.7 Å². The van der Waals surface area contributed by atoms with E-state index in [1.165, 1.54) is 21.3 Å². The van der Waals surface area contributed by atoms with Gasteiger partial charge >= 0.3 is 0 Å². The van der Waals surface area contributed by atoms with E-state index in [9.17, 15) is 4.79 Å². The van der Waals surface area contributed by atoms with Gasteiger partial charge in [0.15, 0.2) is 11.5 Å². The number of carbonyl (C=O) groups excluding carboxylic acids is 1. The van der Waals surface area contributed by atoms with E-state index in [0.29, 0.717) is 35.8 Å². The molecule has 0 aliphatic carbocycles. The summed E-state index contributed by atoms with van der Waals surface area (Å²) in [5.74, 6) is 1.97. The predicted octanol–water partition coefficient (Wildman–Crippen LogP) is 2.97. The summed E-state index contributed by atoms with van der Waals surface area (Å²) < 4.78 is 21.5. The van der Waals surface area contributed by atoms with Crippen LogP contribution in [0, 0.1) is 0 Å². The standard InChI is InChI=1S/C19H21NO5/c1-22-16-11-18(24-3)17(23-2)10-13(16)19(21)20-14-8-9-25-15-7-5-4-6-12(14)15/h4-7,10-11,14H,8-9H2,1-3H3,(H,20,21). The van der Waals surface area contributed by atoms with Gasteiger partial charge in [-0.1, -0.05) is 18.2 Å². The van der Waals surface area contributed by atoms with Crippen LogP contribution in [0.2, 0.25) is 0 Å². The Kier molecular flexibility index (Phi) is 4.97.